The number of halogens is 1. The molecule has 1 saturated heterocycles. The van der Waals surface area contributed by atoms with Gasteiger partial charge < -0.3 is 9.32 Å². The first-order valence-corrected chi connectivity index (χ1v) is 10.9. The van der Waals surface area contributed by atoms with E-state index >= 15 is 0 Å². The van der Waals surface area contributed by atoms with Crippen LogP contribution in [0.2, 0.25) is 0 Å². The first-order valence-electron chi connectivity index (χ1n) is 10.9. The van der Waals surface area contributed by atoms with Crippen molar-refractivity contribution in [2.45, 2.75) is 45.4 Å². The minimum absolute atomic E-state index is 0.00722. The van der Waals surface area contributed by atoms with Crippen molar-refractivity contribution in [3.63, 3.8) is 0 Å². The summed E-state index contributed by atoms with van der Waals surface area (Å²) in [7, 11) is 1.83. The number of rotatable bonds is 6. The summed E-state index contributed by atoms with van der Waals surface area (Å²) in [5.41, 5.74) is 2.55. The van der Waals surface area contributed by atoms with E-state index in [1.807, 2.05) is 18.0 Å². The van der Waals surface area contributed by atoms with Crippen LogP contribution in [0, 0.1) is 11.7 Å². The predicted octanol–water partition coefficient (Wildman–Crippen LogP) is 4.36. The average Bonchev–Trinajstić information content (AvgIpc) is 3.35. The van der Waals surface area contributed by atoms with E-state index in [2.05, 4.69) is 23.9 Å². The molecule has 0 aliphatic carbocycles. The Morgan fingerprint density at radius 3 is 2.81 bits per heavy atom. The molecule has 1 amide bonds. The summed E-state index contributed by atoms with van der Waals surface area (Å²) in [6.07, 6.45) is 5.00. The molecular weight excluding hydrogens is 395 g/mol. The molecule has 1 aromatic carbocycles. The van der Waals surface area contributed by atoms with Crippen molar-refractivity contribution >= 4 is 5.91 Å². The second-order valence-corrected chi connectivity index (χ2v) is 8.80. The van der Waals surface area contributed by atoms with Crippen LogP contribution >= 0.6 is 0 Å². The molecule has 0 saturated carbocycles. The third-order valence-corrected chi connectivity index (χ3v) is 5.69. The van der Waals surface area contributed by atoms with E-state index in [1.54, 1.807) is 23.0 Å². The van der Waals surface area contributed by atoms with E-state index in [-0.39, 0.29) is 17.6 Å². The van der Waals surface area contributed by atoms with Crippen LogP contribution in [0.5, 0.6) is 0 Å². The van der Waals surface area contributed by atoms with Crippen molar-refractivity contribution < 1.29 is 13.6 Å². The Labute approximate surface area is 182 Å². The second-order valence-electron chi connectivity index (χ2n) is 8.80. The highest BCUT2D eigenvalue weighted by Crippen LogP contribution is 2.28. The topological polar surface area (TPSA) is 64.2 Å². The van der Waals surface area contributed by atoms with Crippen molar-refractivity contribution in [2.24, 2.45) is 13.0 Å². The van der Waals surface area contributed by atoms with Crippen LogP contribution in [-0.4, -0.2) is 38.7 Å². The number of piperidine rings is 1. The molecule has 7 heteroatoms. The van der Waals surface area contributed by atoms with Crippen molar-refractivity contribution in [1.29, 1.82) is 0 Å². The van der Waals surface area contributed by atoms with Crippen molar-refractivity contribution in [3.8, 4) is 0 Å². The summed E-state index contributed by atoms with van der Waals surface area (Å²) < 4.78 is 20.8. The maximum absolute atomic E-state index is 13.2. The Morgan fingerprint density at radius 1 is 1.29 bits per heavy atom. The molecular formula is C24H29FN4O2. The monoisotopic (exact) mass is 424 g/mol. The fraction of sp³-hybridized carbons (Fsp3) is 0.458. The highest BCUT2D eigenvalue weighted by molar-refractivity contribution is 5.92. The Balaban J connectivity index is 1.43. The van der Waals surface area contributed by atoms with Gasteiger partial charge in [-0.15, -0.1) is 0 Å². The number of aromatic nitrogens is 3. The van der Waals surface area contributed by atoms with Gasteiger partial charge >= 0.3 is 0 Å². The van der Waals surface area contributed by atoms with Crippen LogP contribution in [-0.2, 0) is 19.9 Å². The van der Waals surface area contributed by atoms with Crippen LogP contribution in [0.3, 0.4) is 0 Å². The van der Waals surface area contributed by atoms with Gasteiger partial charge in [0.05, 0.1) is 17.8 Å². The fourth-order valence-corrected chi connectivity index (χ4v) is 4.17. The maximum Gasteiger partial charge on any atom is 0.272 e. The SMILES string of the molecule is CC(C)Cc1cc(C(=O)N2CCCC(c3ncc(Cc4ccc(F)cc4)o3)C2)n(C)n1. The lowest BCUT2D eigenvalue weighted by Crippen LogP contribution is -2.40. The van der Waals surface area contributed by atoms with E-state index < -0.39 is 0 Å². The van der Waals surface area contributed by atoms with E-state index in [0.29, 0.717) is 30.5 Å². The lowest BCUT2D eigenvalue weighted by atomic mass is 9.97. The molecule has 4 rings (SSSR count). The van der Waals surface area contributed by atoms with Gasteiger partial charge in [-0.05, 0) is 48.9 Å². The third kappa shape index (κ3) is 5.03. The summed E-state index contributed by atoms with van der Waals surface area (Å²) in [6.45, 7) is 5.60. The van der Waals surface area contributed by atoms with Crippen molar-refractivity contribution in [1.82, 2.24) is 19.7 Å². The molecule has 1 atom stereocenters. The van der Waals surface area contributed by atoms with E-state index in [1.165, 1.54) is 12.1 Å². The van der Waals surface area contributed by atoms with Gasteiger partial charge in [0.2, 0.25) is 0 Å². The number of aryl methyl sites for hydroxylation is 1. The number of nitrogens with zero attached hydrogens (tertiary/aromatic N) is 4. The lowest BCUT2D eigenvalue weighted by molar-refractivity contribution is 0.0686. The minimum atomic E-state index is -0.251. The minimum Gasteiger partial charge on any atom is -0.445 e. The van der Waals surface area contributed by atoms with Gasteiger partial charge in [-0.25, -0.2) is 9.37 Å². The highest BCUT2D eigenvalue weighted by atomic mass is 19.1. The summed E-state index contributed by atoms with van der Waals surface area (Å²) in [6, 6.07) is 8.31. The quantitative estimate of drug-likeness (QED) is 0.590. The molecule has 0 N–H and O–H groups in total. The second kappa shape index (κ2) is 9.04. The van der Waals surface area contributed by atoms with Gasteiger partial charge in [0.15, 0.2) is 5.89 Å². The standard InChI is InChI=1S/C24H29FN4O2/c1-16(2)11-20-13-22(28(3)27-20)24(30)29-10-4-5-18(15-29)23-26-14-21(31-23)12-17-6-8-19(25)9-7-17/h6-9,13-14,16,18H,4-5,10-12,15H2,1-3H3. The molecule has 1 aliphatic rings. The molecule has 2 aromatic heterocycles. The summed E-state index contributed by atoms with van der Waals surface area (Å²) >= 11 is 0. The lowest BCUT2D eigenvalue weighted by Gasteiger charge is -2.31. The molecule has 1 fully saturated rings. The maximum atomic E-state index is 13.2. The number of benzene rings is 1. The molecule has 3 heterocycles. The largest absolute Gasteiger partial charge is 0.445 e. The van der Waals surface area contributed by atoms with E-state index in [9.17, 15) is 9.18 Å². The zero-order chi connectivity index (χ0) is 22.0. The Morgan fingerprint density at radius 2 is 2.06 bits per heavy atom. The van der Waals surface area contributed by atoms with Crippen LogP contribution in [0.25, 0.3) is 0 Å². The molecule has 0 radical (unpaired) electrons. The van der Waals surface area contributed by atoms with E-state index in [0.717, 1.165) is 42.8 Å². The number of carbonyl (C=O) groups is 1. The number of carbonyl (C=O) groups excluding carboxylic acids is 1. The van der Waals surface area contributed by atoms with Crippen LogP contribution in [0.4, 0.5) is 4.39 Å². The van der Waals surface area contributed by atoms with Crippen LogP contribution in [0.1, 0.15) is 66.0 Å². The van der Waals surface area contributed by atoms with Gasteiger partial charge in [-0.2, -0.15) is 5.10 Å². The zero-order valence-corrected chi connectivity index (χ0v) is 18.3. The molecule has 3 aromatic rings. The molecule has 0 bridgehead atoms. The van der Waals surface area contributed by atoms with E-state index in [4.69, 9.17) is 4.42 Å². The van der Waals surface area contributed by atoms with Crippen LogP contribution in [0.15, 0.2) is 40.9 Å². The molecule has 1 unspecified atom stereocenters. The highest BCUT2D eigenvalue weighted by Gasteiger charge is 2.30. The number of amides is 1. The number of hydrogen-bond acceptors (Lipinski definition) is 4. The number of likely N-dealkylation sites (tertiary alicyclic amines) is 1. The van der Waals surface area contributed by atoms with Crippen molar-refractivity contribution in [3.05, 3.63) is 70.9 Å². The van der Waals surface area contributed by atoms with Gasteiger partial charge in [0.1, 0.15) is 17.3 Å². The van der Waals surface area contributed by atoms with Crippen molar-refractivity contribution in [2.75, 3.05) is 13.1 Å². The zero-order valence-electron chi connectivity index (χ0n) is 18.3. The summed E-state index contributed by atoms with van der Waals surface area (Å²) in [5, 5.41) is 4.51. The van der Waals surface area contributed by atoms with Gasteiger partial charge in [-0.1, -0.05) is 26.0 Å². The molecule has 31 heavy (non-hydrogen) atoms. The predicted molar refractivity (Wildman–Crippen MR) is 115 cm³/mol. The summed E-state index contributed by atoms with van der Waals surface area (Å²) in [5.74, 6) is 1.73. The molecule has 0 spiro atoms. The van der Waals surface area contributed by atoms with Gasteiger partial charge in [0.25, 0.3) is 5.91 Å². The first kappa shape index (κ1) is 21.3. The Bertz CT molecular complexity index is 1040. The van der Waals surface area contributed by atoms with Crippen LogP contribution < -0.4 is 0 Å². The molecule has 164 valence electrons. The average molecular weight is 425 g/mol. The Hall–Kier alpha value is -2.96. The Kier molecular flexibility index (Phi) is 6.20. The number of oxazole rings is 1. The molecule has 1 aliphatic heterocycles. The normalized spacial score (nSPS) is 16.8. The third-order valence-electron chi connectivity index (χ3n) is 5.69. The number of hydrogen-bond donors (Lipinski definition) is 0. The molecule has 6 nitrogen and oxygen atoms in total. The van der Waals surface area contributed by atoms with Gasteiger partial charge in [-0.3, -0.25) is 9.48 Å². The van der Waals surface area contributed by atoms with Gasteiger partial charge in [0, 0.05) is 26.6 Å². The fourth-order valence-electron chi connectivity index (χ4n) is 4.17. The summed E-state index contributed by atoms with van der Waals surface area (Å²) in [4.78, 5) is 19.5. The smallest absolute Gasteiger partial charge is 0.272 e. The first-order chi connectivity index (χ1) is 14.9.